The Morgan fingerprint density at radius 2 is 1.82 bits per heavy atom. The molecule has 0 spiro atoms. The number of amides is 2. The van der Waals surface area contributed by atoms with Gasteiger partial charge in [0, 0.05) is 11.6 Å². The van der Waals surface area contributed by atoms with E-state index in [4.69, 9.17) is 11.6 Å². The summed E-state index contributed by atoms with van der Waals surface area (Å²) in [6, 6.07) is 20.0. The van der Waals surface area contributed by atoms with E-state index >= 15 is 0 Å². The fraction of sp³-hybridized carbons (Fsp3) is 0.0476. The van der Waals surface area contributed by atoms with E-state index in [1.54, 1.807) is 6.07 Å². The Hall–Kier alpha value is -3.09. The number of halogens is 1. The number of para-hydroxylation sites is 1. The lowest BCUT2D eigenvalue weighted by Crippen LogP contribution is -2.28. The lowest BCUT2D eigenvalue weighted by atomic mass is 10.1. The first-order valence-corrected chi connectivity index (χ1v) is 9.77. The van der Waals surface area contributed by atoms with E-state index < -0.39 is 6.03 Å². The van der Waals surface area contributed by atoms with E-state index in [2.05, 4.69) is 15.6 Å². The fourth-order valence-electron chi connectivity index (χ4n) is 2.79. The van der Waals surface area contributed by atoms with E-state index in [0.717, 1.165) is 15.8 Å². The first-order valence-electron chi connectivity index (χ1n) is 8.57. The van der Waals surface area contributed by atoms with Gasteiger partial charge in [0.2, 0.25) is 0 Å². The smallest absolute Gasteiger partial charge is 0.319 e. The number of urea groups is 1. The highest BCUT2D eigenvalue weighted by molar-refractivity contribution is 7.21. The topological polar surface area (TPSA) is 74.2 Å². The van der Waals surface area contributed by atoms with Gasteiger partial charge in [-0.3, -0.25) is 0 Å². The van der Waals surface area contributed by atoms with Crippen LogP contribution in [-0.2, 0) is 6.54 Å². The van der Waals surface area contributed by atoms with Crippen molar-refractivity contribution in [2.75, 3.05) is 5.32 Å². The quantitative estimate of drug-likeness (QED) is 0.381. The first kappa shape index (κ1) is 18.3. The van der Waals surface area contributed by atoms with Gasteiger partial charge < -0.3 is 15.7 Å². The van der Waals surface area contributed by atoms with Crippen molar-refractivity contribution in [1.29, 1.82) is 0 Å². The minimum absolute atomic E-state index is 0.0710. The van der Waals surface area contributed by atoms with Crippen LogP contribution in [0.1, 0.15) is 5.56 Å². The first-order chi connectivity index (χ1) is 13.6. The number of thiazole rings is 1. The van der Waals surface area contributed by atoms with Gasteiger partial charge in [0.15, 0.2) is 0 Å². The SMILES string of the molecule is O=C(NCc1ccccc1)Nc1cc(Cl)cc(-c2nc3ccccc3s2)c1O. The van der Waals surface area contributed by atoms with Crippen LogP contribution >= 0.6 is 22.9 Å². The molecule has 0 fully saturated rings. The molecule has 0 unspecified atom stereocenters. The predicted octanol–water partition coefficient (Wildman–Crippen LogP) is 5.64. The molecule has 0 aliphatic rings. The average molecular weight is 410 g/mol. The van der Waals surface area contributed by atoms with Gasteiger partial charge in [0.05, 0.1) is 21.5 Å². The van der Waals surface area contributed by atoms with Crippen LogP contribution in [0, 0.1) is 0 Å². The third-order valence-corrected chi connectivity index (χ3v) is 5.43. The normalized spacial score (nSPS) is 10.8. The molecule has 4 aromatic rings. The lowest BCUT2D eigenvalue weighted by Gasteiger charge is -2.12. The van der Waals surface area contributed by atoms with Crippen LogP contribution in [0.2, 0.25) is 5.02 Å². The number of hydrogen-bond donors (Lipinski definition) is 3. The number of nitrogens with zero attached hydrogens (tertiary/aromatic N) is 1. The zero-order valence-electron chi connectivity index (χ0n) is 14.6. The highest BCUT2D eigenvalue weighted by atomic mass is 35.5. The van der Waals surface area contributed by atoms with Crippen LogP contribution in [0.5, 0.6) is 5.75 Å². The van der Waals surface area contributed by atoms with Crippen molar-refractivity contribution in [3.05, 3.63) is 77.3 Å². The summed E-state index contributed by atoms with van der Waals surface area (Å²) in [5.74, 6) is -0.0710. The second kappa shape index (κ2) is 7.88. The second-order valence-corrected chi connectivity index (χ2v) is 7.60. The summed E-state index contributed by atoms with van der Waals surface area (Å²) in [4.78, 5) is 16.8. The van der Waals surface area contributed by atoms with Crippen molar-refractivity contribution >= 4 is 44.9 Å². The summed E-state index contributed by atoms with van der Waals surface area (Å²) < 4.78 is 1.01. The number of benzene rings is 3. The van der Waals surface area contributed by atoms with Crippen LogP contribution < -0.4 is 10.6 Å². The maximum Gasteiger partial charge on any atom is 0.319 e. The van der Waals surface area contributed by atoms with Crippen molar-refractivity contribution in [2.24, 2.45) is 0 Å². The largest absolute Gasteiger partial charge is 0.505 e. The Morgan fingerprint density at radius 1 is 1.07 bits per heavy atom. The number of carbonyl (C=O) groups is 1. The zero-order valence-corrected chi connectivity index (χ0v) is 16.2. The maximum absolute atomic E-state index is 12.2. The molecule has 28 heavy (non-hydrogen) atoms. The van der Waals surface area contributed by atoms with Crippen molar-refractivity contribution in [2.45, 2.75) is 6.54 Å². The van der Waals surface area contributed by atoms with Crippen LogP contribution in [0.4, 0.5) is 10.5 Å². The summed E-state index contributed by atoms with van der Waals surface area (Å²) in [7, 11) is 0. The molecular weight excluding hydrogens is 394 g/mol. The molecule has 4 rings (SSSR count). The van der Waals surface area contributed by atoms with E-state index in [-0.39, 0.29) is 11.4 Å². The average Bonchev–Trinajstić information content (AvgIpc) is 3.13. The van der Waals surface area contributed by atoms with Gasteiger partial charge in [-0.15, -0.1) is 11.3 Å². The molecule has 7 heteroatoms. The Labute approximate surface area is 170 Å². The number of phenols is 1. The number of anilines is 1. The van der Waals surface area contributed by atoms with Crippen LogP contribution in [-0.4, -0.2) is 16.1 Å². The maximum atomic E-state index is 12.2. The Bertz CT molecular complexity index is 1110. The monoisotopic (exact) mass is 409 g/mol. The Balaban J connectivity index is 1.57. The molecule has 1 heterocycles. The van der Waals surface area contributed by atoms with Gasteiger partial charge >= 0.3 is 6.03 Å². The van der Waals surface area contributed by atoms with Crippen molar-refractivity contribution < 1.29 is 9.90 Å². The molecule has 0 radical (unpaired) electrons. The van der Waals surface area contributed by atoms with E-state index in [1.807, 2.05) is 54.6 Å². The molecule has 0 bridgehead atoms. The van der Waals surface area contributed by atoms with Gasteiger partial charge in [-0.25, -0.2) is 9.78 Å². The molecule has 140 valence electrons. The van der Waals surface area contributed by atoms with E-state index in [9.17, 15) is 9.90 Å². The highest BCUT2D eigenvalue weighted by Gasteiger charge is 2.16. The van der Waals surface area contributed by atoms with Crippen LogP contribution in [0.25, 0.3) is 20.8 Å². The molecule has 5 nitrogen and oxygen atoms in total. The fourth-order valence-corrected chi connectivity index (χ4v) is 3.99. The van der Waals surface area contributed by atoms with Crippen molar-refractivity contribution in [3.8, 4) is 16.3 Å². The molecule has 3 N–H and O–H groups in total. The third-order valence-electron chi connectivity index (χ3n) is 4.14. The summed E-state index contributed by atoms with van der Waals surface area (Å²) in [6.07, 6.45) is 0. The van der Waals surface area contributed by atoms with Crippen molar-refractivity contribution in [3.63, 3.8) is 0 Å². The van der Waals surface area contributed by atoms with Gasteiger partial charge in [-0.05, 0) is 29.8 Å². The number of rotatable bonds is 4. The highest BCUT2D eigenvalue weighted by Crippen LogP contribution is 2.41. The molecule has 0 aliphatic carbocycles. The molecule has 0 aliphatic heterocycles. The number of nitrogens with one attached hydrogen (secondary N) is 2. The molecule has 0 saturated carbocycles. The number of fused-ring (bicyclic) bond motifs is 1. The zero-order chi connectivity index (χ0) is 19.5. The minimum atomic E-state index is -0.434. The van der Waals surface area contributed by atoms with Gasteiger partial charge in [-0.1, -0.05) is 54.1 Å². The number of hydrogen-bond acceptors (Lipinski definition) is 4. The standard InChI is InChI=1S/C21H16ClN3O2S/c22-14-10-15(20-24-16-8-4-5-9-18(16)28-20)19(26)17(11-14)25-21(27)23-12-13-6-2-1-3-7-13/h1-11,26H,12H2,(H2,23,25,27). The number of aromatic hydroxyl groups is 1. The molecule has 3 aromatic carbocycles. The van der Waals surface area contributed by atoms with Gasteiger partial charge in [0.1, 0.15) is 10.8 Å². The Morgan fingerprint density at radius 3 is 2.61 bits per heavy atom. The summed E-state index contributed by atoms with van der Waals surface area (Å²) in [5.41, 5.74) is 2.53. The molecular formula is C21H16ClN3O2S. The van der Waals surface area contributed by atoms with Crippen LogP contribution in [0.3, 0.4) is 0 Å². The van der Waals surface area contributed by atoms with E-state index in [1.165, 1.54) is 17.4 Å². The Kier molecular flexibility index (Phi) is 5.14. The number of carbonyl (C=O) groups excluding carboxylic acids is 1. The van der Waals surface area contributed by atoms with Gasteiger partial charge in [-0.2, -0.15) is 0 Å². The van der Waals surface area contributed by atoms with Crippen LogP contribution in [0.15, 0.2) is 66.7 Å². The summed E-state index contributed by atoms with van der Waals surface area (Å²) >= 11 is 7.67. The van der Waals surface area contributed by atoms with Gasteiger partial charge in [0.25, 0.3) is 0 Å². The molecule has 1 aromatic heterocycles. The number of phenolic OH excluding ortho intramolecular Hbond substituents is 1. The third kappa shape index (κ3) is 3.93. The second-order valence-electron chi connectivity index (χ2n) is 6.13. The van der Waals surface area contributed by atoms with E-state index in [0.29, 0.717) is 22.1 Å². The van der Waals surface area contributed by atoms with Crippen molar-refractivity contribution in [1.82, 2.24) is 10.3 Å². The minimum Gasteiger partial charge on any atom is -0.505 e. The molecule has 0 saturated heterocycles. The number of aromatic nitrogens is 1. The summed E-state index contributed by atoms with van der Waals surface area (Å²) in [5, 5.41) is 17.1. The lowest BCUT2D eigenvalue weighted by molar-refractivity contribution is 0.251. The molecule has 2 amide bonds. The predicted molar refractivity (Wildman–Crippen MR) is 114 cm³/mol. The summed E-state index contributed by atoms with van der Waals surface area (Å²) in [6.45, 7) is 0.374. The molecule has 0 atom stereocenters.